The zero-order valence-electron chi connectivity index (χ0n) is 15.4. The van der Waals surface area contributed by atoms with Crippen LogP contribution in [0.2, 0.25) is 0 Å². The highest BCUT2D eigenvalue weighted by Gasteiger charge is 2.40. The third-order valence-corrected chi connectivity index (χ3v) is 5.66. The van der Waals surface area contributed by atoms with Crippen LogP contribution in [0.3, 0.4) is 0 Å². The van der Waals surface area contributed by atoms with Crippen LogP contribution in [-0.4, -0.2) is 59.1 Å². The van der Waals surface area contributed by atoms with Crippen molar-refractivity contribution >= 4 is 5.91 Å². The standard InChI is InChI=1S/C21H27N3O2/c1-17-2-4-18(5-3-17)15-23-12-13-26-21(16-23)7-10-24(11-8-21)20(25)19-6-9-22-14-19/h2-6,9,14,22H,7-8,10-13,15-16H2,1H3. The molecule has 26 heavy (non-hydrogen) atoms. The van der Waals surface area contributed by atoms with Crippen molar-refractivity contribution in [3.05, 3.63) is 59.4 Å². The van der Waals surface area contributed by atoms with Gasteiger partial charge in [0, 0.05) is 45.1 Å². The first-order chi connectivity index (χ1) is 12.6. The molecule has 0 unspecified atom stereocenters. The lowest BCUT2D eigenvalue weighted by Crippen LogP contribution is -2.57. The summed E-state index contributed by atoms with van der Waals surface area (Å²) in [5.74, 6) is 0.119. The molecule has 0 bridgehead atoms. The summed E-state index contributed by atoms with van der Waals surface area (Å²) in [5, 5.41) is 0. The fourth-order valence-corrected chi connectivity index (χ4v) is 4.07. The molecule has 5 heteroatoms. The molecule has 1 spiro atoms. The molecule has 0 aliphatic carbocycles. The number of carbonyl (C=O) groups is 1. The minimum Gasteiger partial charge on any atom is -0.372 e. The lowest BCUT2D eigenvalue weighted by Gasteiger charge is -2.47. The van der Waals surface area contributed by atoms with E-state index in [0.717, 1.165) is 57.7 Å². The highest BCUT2D eigenvalue weighted by atomic mass is 16.5. The van der Waals surface area contributed by atoms with E-state index in [4.69, 9.17) is 4.74 Å². The zero-order valence-corrected chi connectivity index (χ0v) is 15.4. The molecule has 1 N–H and O–H groups in total. The van der Waals surface area contributed by atoms with E-state index in [1.807, 2.05) is 11.0 Å². The largest absolute Gasteiger partial charge is 0.372 e. The number of aryl methyl sites for hydroxylation is 1. The molecule has 5 nitrogen and oxygen atoms in total. The molecule has 2 aliphatic heterocycles. The van der Waals surface area contributed by atoms with Gasteiger partial charge in [0.25, 0.3) is 5.91 Å². The quantitative estimate of drug-likeness (QED) is 0.923. The predicted octanol–water partition coefficient (Wildman–Crippen LogP) is 2.83. The summed E-state index contributed by atoms with van der Waals surface area (Å²) in [6.07, 6.45) is 5.39. The number of nitrogens with one attached hydrogen (secondary N) is 1. The molecule has 0 radical (unpaired) electrons. The van der Waals surface area contributed by atoms with Crippen LogP contribution in [0.1, 0.15) is 34.3 Å². The number of H-pyrrole nitrogens is 1. The normalized spacial score (nSPS) is 20.4. The lowest BCUT2D eigenvalue weighted by molar-refractivity contribution is -0.134. The Kier molecular flexibility index (Phi) is 4.83. The minimum atomic E-state index is -0.0993. The van der Waals surface area contributed by atoms with E-state index in [-0.39, 0.29) is 11.5 Å². The minimum absolute atomic E-state index is 0.0993. The molecule has 3 heterocycles. The van der Waals surface area contributed by atoms with E-state index in [9.17, 15) is 4.79 Å². The van der Waals surface area contributed by atoms with Gasteiger partial charge in [0.1, 0.15) is 0 Å². The van der Waals surface area contributed by atoms with Gasteiger partial charge in [-0.3, -0.25) is 9.69 Å². The van der Waals surface area contributed by atoms with Crippen molar-refractivity contribution in [2.75, 3.05) is 32.8 Å². The number of carbonyl (C=O) groups excluding carboxylic acids is 1. The molecule has 1 aromatic heterocycles. The predicted molar refractivity (Wildman–Crippen MR) is 101 cm³/mol. The smallest absolute Gasteiger partial charge is 0.255 e. The molecule has 2 aliphatic rings. The average Bonchev–Trinajstić information content (AvgIpc) is 3.19. The Balaban J connectivity index is 1.35. The molecule has 0 atom stereocenters. The van der Waals surface area contributed by atoms with Gasteiger partial charge in [-0.15, -0.1) is 0 Å². The maximum Gasteiger partial charge on any atom is 0.255 e. The maximum absolute atomic E-state index is 12.5. The fraction of sp³-hybridized carbons (Fsp3) is 0.476. The Morgan fingerprint density at radius 3 is 2.62 bits per heavy atom. The van der Waals surface area contributed by atoms with Gasteiger partial charge in [0.05, 0.1) is 17.8 Å². The number of hydrogen-bond donors (Lipinski definition) is 1. The number of benzene rings is 1. The van der Waals surface area contributed by atoms with Gasteiger partial charge in [-0.1, -0.05) is 29.8 Å². The van der Waals surface area contributed by atoms with Gasteiger partial charge >= 0.3 is 0 Å². The monoisotopic (exact) mass is 353 g/mol. The SMILES string of the molecule is Cc1ccc(CN2CCOC3(CCN(C(=O)c4cc[nH]c4)CC3)C2)cc1. The fourth-order valence-electron chi connectivity index (χ4n) is 4.07. The van der Waals surface area contributed by atoms with E-state index in [0.29, 0.717) is 0 Å². The van der Waals surface area contributed by atoms with E-state index in [1.165, 1.54) is 11.1 Å². The summed E-state index contributed by atoms with van der Waals surface area (Å²) < 4.78 is 6.23. The lowest BCUT2D eigenvalue weighted by atomic mass is 9.89. The Hall–Kier alpha value is -2.11. The zero-order chi connectivity index (χ0) is 18.0. The molecular formula is C21H27N3O2. The van der Waals surface area contributed by atoms with Crippen LogP contribution in [0, 0.1) is 6.92 Å². The van der Waals surface area contributed by atoms with Gasteiger partial charge in [0.2, 0.25) is 0 Å². The van der Waals surface area contributed by atoms with Crippen molar-refractivity contribution in [1.29, 1.82) is 0 Å². The van der Waals surface area contributed by atoms with Crippen molar-refractivity contribution in [2.24, 2.45) is 0 Å². The summed E-state index contributed by atoms with van der Waals surface area (Å²) in [5.41, 5.74) is 3.30. The van der Waals surface area contributed by atoms with E-state index in [2.05, 4.69) is 41.1 Å². The Labute approximate surface area is 154 Å². The number of amides is 1. The molecule has 2 aromatic rings. The number of piperidine rings is 1. The second-order valence-electron chi connectivity index (χ2n) is 7.62. The summed E-state index contributed by atoms with van der Waals surface area (Å²) in [4.78, 5) is 19.9. The number of rotatable bonds is 3. The summed E-state index contributed by atoms with van der Waals surface area (Å²) in [6, 6.07) is 10.6. The first kappa shape index (κ1) is 17.3. The van der Waals surface area contributed by atoms with Gasteiger partial charge in [-0.05, 0) is 31.4 Å². The third kappa shape index (κ3) is 3.69. The molecule has 1 amide bonds. The number of aromatic amines is 1. The summed E-state index contributed by atoms with van der Waals surface area (Å²) in [6.45, 7) is 7.32. The van der Waals surface area contributed by atoms with Gasteiger partial charge < -0.3 is 14.6 Å². The van der Waals surface area contributed by atoms with E-state index >= 15 is 0 Å². The number of ether oxygens (including phenoxy) is 1. The second kappa shape index (κ2) is 7.25. The Morgan fingerprint density at radius 2 is 1.92 bits per heavy atom. The molecule has 2 fully saturated rings. The van der Waals surface area contributed by atoms with Crippen molar-refractivity contribution in [1.82, 2.24) is 14.8 Å². The van der Waals surface area contributed by atoms with E-state index < -0.39 is 0 Å². The third-order valence-electron chi connectivity index (χ3n) is 5.66. The number of hydrogen-bond acceptors (Lipinski definition) is 3. The first-order valence-electron chi connectivity index (χ1n) is 9.48. The number of nitrogens with zero attached hydrogens (tertiary/aromatic N) is 2. The van der Waals surface area contributed by atoms with Crippen LogP contribution >= 0.6 is 0 Å². The van der Waals surface area contributed by atoms with Crippen molar-refractivity contribution < 1.29 is 9.53 Å². The highest BCUT2D eigenvalue weighted by molar-refractivity contribution is 5.94. The summed E-state index contributed by atoms with van der Waals surface area (Å²) >= 11 is 0. The van der Waals surface area contributed by atoms with Crippen molar-refractivity contribution in [3.63, 3.8) is 0 Å². The number of likely N-dealkylation sites (tertiary alicyclic amines) is 1. The summed E-state index contributed by atoms with van der Waals surface area (Å²) in [7, 11) is 0. The Morgan fingerprint density at radius 1 is 1.15 bits per heavy atom. The molecule has 138 valence electrons. The first-order valence-corrected chi connectivity index (χ1v) is 9.48. The highest BCUT2D eigenvalue weighted by Crippen LogP contribution is 2.31. The molecule has 0 saturated carbocycles. The topological polar surface area (TPSA) is 48.6 Å². The van der Waals surface area contributed by atoms with Crippen LogP contribution in [0.15, 0.2) is 42.7 Å². The molecule has 1 aromatic carbocycles. The van der Waals surface area contributed by atoms with Gasteiger partial charge in [-0.2, -0.15) is 0 Å². The maximum atomic E-state index is 12.5. The number of aromatic nitrogens is 1. The van der Waals surface area contributed by atoms with Crippen LogP contribution in [0.5, 0.6) is 0 Å². The van der Waals surface area contributed by atoms with Crippen molar-refractivity contribution in [3.8, 4) is 0 Å². The van der Waals surface area contributed by atoms with Crippen molar-refractivity contribution in [2.45, 2.75) is 31.9 Å². The van der Waals surface area contributed by atoms with Gasteiger partial charge in [0.15, 0.2) is 0 Å². The van der Waals surface area contributed by atoms with Crippen LogP contribution in [0.25, 0.3) is 0 Å². The second-order valence-corrected chi connectivity index (χ2v) is 7.62. The van der Waals surface area contributed by atoms with E-state index in [1.54, 1.807) is 12.4 Å². The van der Waals surface area contributed by atoms with Gasteiger partial charge in [-0.25, -0.2) is 0 Å². The van der Waals surface area contributed by atoms with Crippen LogP contribution in [-0.2, 0) is 11.3 Å². The molecule has 2 saturated heterocycles. The number of morpholine rings is 1. The van der Waals surface area contributed by atoms with Crippen LogP contribution < -0.4 is 0 Å². The van der Waals surface area contributed by atoms with Crippen LogP contribution in [0.4, 0.5) is 0 Å². The Bertz CT molecular complexity index is 731. The molecule has 4 rings (SSSR count). The average molecular weight is 353 g/mol. The molecular weight excluding hydrogens is 326 g/mol.